The first kappa shape index (κ1) is 14.4. The van der Waals surface area contributed by atoms with Crippen LogP contribution in [0.3, 0.4) is 0 Å². The van der Waals surface area contributed by atoms with Crippen LogP contribution in [-0.4, -0.2) is 17.6 Å². The van der Waals surface area contributed by atoms with E-state index >= 15 is 0 Å². The second-order valence-electron chi connectivity index (χ2n) is 5.66. The van der Waals surface area contributed by atoms with Crippen LogP contribution in [0, 0.1) is 0 Å². The smallest absolute Gasteiger partial charge is 0.133 e. The molecule has 0 saturated heterocycles. The summed E-state index contributed by atoms with van der Waals surface area (Å²) >= 11 is 6.27. The minimum absolute atomic E-state index is 0.416. The first-order valence-electron chi connectivity index (χ1n) is 7.39. The summed E-state index contributed by atoms with van der Waals surface area (Å²) in [6, 6.07) is 12.9. The number of anilines is 2. The molecular formula is C17H20ClN3. The summed E-state index contributed by atoms with van der Waals surface area (Å²) in [5.74, 6) is 0.977. The second-order valence-corrected chi connectivity index (χ2v) is 6.07. The molecule has 2 aromatic rings. The van der Waals surface area contributed by atoms with Crippen LogP contribution in [0.4, 0.5) is 11.5 Å². The van der Waals surface area contributed by atoms with E-state index in [4.69, 9.17) is 16.6 Å². The highest BCUT2D eigenvalue weighted by Crippen LogP contribution is 2.33. The molecule has 0 bridgehead atoms. The molecule has 3 rings (SSSR count). The van der Waals surface area contributed by atoms with Gasteiger partial charge >= 0.3 is 0 Å². The van der Waals surface area contributed by atoms with E-state index in [1.54, 1.807) is 0 Å². The lowest BCUT2D eigenvalue weighted by molar-refractivity contribution is 0.581. The Balaban J connectivity index is 1.88. The Morgan fingerprint density at radius 3 is 2.86 bits per heavy atom. The van der Waals surface area contributed by atoms with E-state index < -0.39 is 0 Å². The molecule has 0 amide bonds. The molecule has 0 aliphatic carbocycles. The molecule has 21 heavy (non-hydrogen) atoms. The molecule has 1 aromatic heterocycles. The molecule has 0 spiro atoms. The highest BCUT2D eigenvalue weighted by Gasteiger charge is 2.21. The summed E-state index contributed by atoms with van der Waals surface area (Å²) in [5, 5.41) is 4.10. The normalized spacial score (nSPS) is 13.8. The number of hydrogen-bond acceptors (Lipinski definition) is 3. The summed E-state index contributed by atoms with van der Waals surface area (Å²) in [7, 11) is 0. The number of halogens is 1. The van der Waals surface area contributed by atoms with Crippen LogP contribution in [0.5, 0.6) is 0 Å². The Bertz CT molecular complexity index is 640. The Hall–Kier alpha value is -1.58. The predicted octanol–water partition coefficient (Wildman–Crippen LogP) is 3.93. The van der Waals surface area contributed by atoms with Crippen molar-refractivity contribution in [3.8, 4) is 0 Å². The Morgan fingerprint density at radius 1 is 1.24 bits per heavy atom. The molecular weight excluding hydrogens is 282 g/mol. The zero-order valence-corrected chi connectivity index (χ0v) is 13.2. The van der Waals surface area contributed by atoms with Crippen LogP contribution in [0.1, 0.15) is 25.1 Å². The number of pyridine rings is 1. The first-order chi connectivity index (χ1) is 10.1. The fourth-order valence-electron chi connectivity index (χ4n) is 2.62. The van der Waals surface area contributed by atoms with E-state index in [9.17, 15) is 0 Å². The van der Waals surface area contributed by atoms with Crippen LogP contribution in [0.15, 0.2) is 36.4 Å². The van der Waals surface area contributed by atoms with Crippen molar-refractivity contribution in [2.24, 2.45) is 0 Å². The molecule has 1 aliphatic rings. The summed E-state index contributed by atoms with van der Waals surface area (Å²) in [6.45, 7) is 5.91. The molecule has 4 heteroatoms. The molecule has 0 radical (unpaired) electrons. The van der Waals surface area contributed by atoms with Gasteiger partial charge in [0.25, 0.3) is 0 Å². The number of rotatable bonds is 4. The van der Waals surface area contributed by atoms with Crippen molar-refractivity contribution in [2.75, 3.05) is 11.4 Å². The fourth-order valence-corrected chi connectivity index (χ4v) is 2.80. The number of nitrogens with zero attached hydrogens (tertiary/aromatic N) is 2. The zero-order valence-electron chi connectivity index (χ0n) is 12.4. The molecule has 110 valence electrons. The standard InChI is InChI=1S/C17H20ClN3/c1-12(2)19-11-15-14(18)7-8-17(20-15)21-10-9-13-5-3-4-6-16(13)21/h3-8,12,19H,9-11H2,1-2H3. The van der Waals surface area contributed by atoms with Gasteiger partial charge in [0.2, 0.25) is 0 Å². The van der Waals surface area contributed by atoms with Crippen molar-refractivity contribution in [1.29, 1.82) is 0 Å². The average molecular weight is 302 g/mol. The zero-order chi connectivity index (χ0) is 14.8. The predicted molar refractivity (Wildman–Crippen MR) is 88.4 cm³/mol. The molecule has 1 N–H and O–H groups in total. The number of nitrogens with one attached hydrogen (secondary N) is 1. The van der Waals surface area contributed by atoms with Gasteiger partial charge < -0.3 is 10.2 Å². The maximum Gasteiger partial charge on any atom is 0.133 e. The Kier molecular flexibility index (Phi) is 4.13. The lowest BCUT2D eigenvalue weighted by Gasteiger charge is -2.20. The number of fused-ring (bicyclic) bond motifs is 1. The summed E-state index contributed by atoms with van der Waals surface area (Å²) in [5.41, 5.74) is 3.55. The average Bonchev–Trinajstić information content (AvgIpc) is 2.90. The van der Waals surface area contributed by atoms with Crippen LogP contribution in [0.2, 0.25) is 5.02 Å². The quantitative estimate of drug-likeness (QED) is 0.927. The van der Waals surface area contributed by atoms with Crippen LogP contribution in [-0.2, 0) is 13.0 Å². The summed E-state index contributed by atoms with van der Waals surface area (Å²) in [4.78, 5) is 7.03. The fraction of sp³-hybridized carbons (Fsp3) is 0.353. The van der Waals surface area contributed by atoms with Gasteiger partial charge in [-0.05, 0) is 30.2 Å². The van der Waals surface area contributed by atoms with Crippen molar-refractivity contribution >= 4 is 23.1 Å². The largest absolute Gasteiger partial charge is 0.326 e. The van der Waals surface area contributed by atoms with Gasteiger partial charge in [-0.2, -0.15) is 0 Å². The van der Waals surface area contributed by atoms with Crippen molar-refractivity contribution in [3.05, 3.63) is 52.7 Å². The highest BCUT2D eigenvalue weighted by molar-refractivity contribution is 6.31. The van der Waals surface area contributed by atoms with Gasteiger partial charge in [0.05, 0.1) is 10.7 Å². The maximum absolute atomic E-state index is 6.27. The monoisotopic (exact) mass is 301 g/mol. The number of para-hydroxylation sites is 1. The Morgan fingerprint density at radius 2 is 2.05 bits per heavy atom. The van der Waals surface area contributed by atoms with Gasteiger partial charge in [0.1, 0.15) is 5.82 Å². The minimum atomic E-state index is 0.416. The first-order valence-corrected chi connectivity index (χ1v) is 7.77. The minimum Gasteiger partial charge on any atom is -0.326 e. The van der Waals surface area contributed by atoms with Gasteiger partial charge in [0.15, 0.2) is 0 Å². The van der Waals surface area contributed by atoms with Crippen LogP contribution < -0.4 is 10.2 Å². The number of aromatic nitrogens is 1. The van der Waals surface area contributed by atoms with Gasteiger partial charge in [-0.3, -0.25) is 0 Å². The van der Waals surface area contributed by atoms with Crippen molar-refractivity contribution < 1.29 is 0 Å². The molecule has 0 saturated carbocycles. The molecule has 3 nitrogen and oxygen atoms in total. The second kappa shape index (κ2) is 6.04. The van der Waals surface area contributed by atoms with E-state index in [-0.39, 0.29) is 0 Å². The lowest BCUT2D eigenvalue weighted by Crippen LogP contribution is -2.23. The van der Waals surface area contributed by atoms with Crippen LogP contribution in [0.25, 0.3) is 0 Å². The third-order valence-corrected chi connectivity index (χ3v) is 4.09. The van der Waals surface area contributed by atoms with E-state index in [1.165, 1.54) is 11.3 Å². The van der Waals surface area contributed by atoms with Gasteiger partial charge in [-0.15, -0.1) is 0 Å². The molecule has 2 heterocycles. The highest BCUT2D eigenvalue weighted by atomic mass is 35.5. The SMILES string of the molecule is CC(C)NCc1nc(N2CCc3ccccc32)ccc1Cl. The van der Waals surface area contributed by atoms with E-state index in [0.29, 0.717) is 12.6 Å². The van der Waals surface area contributed by atoms with Gasteiger partial charge in [-0.1, -0.05) is 43.6 Å². The van der Waals surface area contributed by atoms with E-state index in [0.717, 1.165) is 29.5 Å². The van der Waals surface area contributed by atoms with Gasteiger partial charge in [-0.25, -0.2) is 4.98 Å². The number of hydrogen-bond donors (Lipinski definition) is 1. The van der Waals surface area contributed by atoms with Crippen molar-refractivity contribution in [2.45, 2.75) is 32.9 Å². The maximum atomic E-state index is 6.27. The third kappa shape index (κ3) is 3.04. The van der Waals surface area contributed by atoms with E-state index in [2.05, 4.69) is 48.3 Å². The Labute approximate surface area is 131 Å². The van der Waals surface area contributed by atoms with Crippen molar-refractivity contribution in [1.82, 2.24) is 10.3 Å². The van der Waals surface area contributed by atoms with Crippen LogP contribution >= 0.6 is 11.6 Å². The third-order valence-electron chi connectivity index (χ3n) is 3.75. The van der Waals surface area contributed by atoms with E-state index in [1.807, 2.05) is 12.1 Å². The molecule has 1 aliphatic heterocycles. The molecule has 0 unspecified atom stereocenters. The molecule has 1 aromatic carbocycles. The summed E-state index contributed by atoms with van der Waals surface area (Å²) < 4.78 is 0. The lowest BCUT2D eigenvalue weighted by atomic mass is 10.2. The summed E-state index contributed by atoms with van der Waals surface area (Å²) in [6.07, 6.45) is 1.07. The molecule has 0 atom stereocenters. The number of benzene rings is 1. The van der Waals surface area contributed by atoms with Gasteiger partial charge in [0, 0.05) is 24.8 Å². The molecule has 0 fully saturated rings. The van der Waals surface area contributed by atoms with Crippen molar-refractivity contribution in [3.63, 3.8) is 0 Å². The topological polar surface area (TPSA) is 28.2 Å².